The zero-order chi connectivity index (χ0) is 15.2. The smallest absolute Gasteiger partial charge is 0.350 e. The molecule has 1 saturated heterocycles. The van der Waals surface area contributed by atoms with Gasteiger partial charge in [0, 0.05) is 12.8 Å². The van der Waals surface area contributed by atoms with Crippen LogP contribution >= 0.6 is 0 Å². The second-order valence-electron chi connectivity index (χ2n) is 6.21. The van der Waals surface area contributed by atoms with Crippen LogP contribution < -0.4 is 4.74 Å². The third-order valence-corrected chi connectivity index (χ3v) is 4.58. The van der Waals surface area contributed by atoms with Crippen molar-refractivity contribution in [2.45, 2.75) is 56.5 Å². The van der Waals surface area contributed by atoms with E-state index < -0.39 is 10.7 Å². The Kier molecular flexibility index (Phi) is 3.30. The molecule has 0 radical (unpaired) electrons. The summed E-state index contributed by atoms with van der Waals surface area (Å²) in [4.78, 5) is 10.7. The normalized spacial score (nSPS) is 24.7. The predicted octanol–water partition coefficient (Wildman–Crippen LogP) is 2.19. The summed E-state index contributed by atoms with van der Waals surface area (Å²) in [6.07, 6.45) is 6.75. The molecule has 8 heteroatoms. The summed E-state index contributed by atoms with van der Waals surface area (Å²) in [6, 6.07) is 0.133. The first kappa shape index (κ1) is 14.0. The van der Waals surface area contributed by atoms with Gasteiger partial charge in [0.05, 0.1) is 24.2 Å². The molecule has 2 saturated carbocycles. The van der Waals surface area contributed by atoms with Crippen LogP contribution in [0.4, 0.5) is 5.69 Å². The molecule has 0 bridgehead atoms. The Morgan fingerprint density at radius 3 is 2.55 bits per heavy atom. The van der Waals surface area contributed by atoms with Crippen LogP contribution in [0.2, 0.25) is 0 Å². The van der Waals surface area contributed by atoms with Crippen molar-refractivity contribution >= 4 is 5.69 Å². The Hall–Kier alpha value is -1.67. The highest BCUT2D eigenvalue weighted by Crippen LogP contribution is 2.41. The second-order valence-corrected chi connectivity index (χ2v) is 6.21. The van der Waals surface area contributed by atoms with E-state index in [-0.39, 0.29) is 23.7 Å². The number of nitrogens with zero attached hydrogens (tertiary/aromatic N) is 3. The van der Waals surface area contributed by atoms with E-state index in [1.807, 2.05) is 0 Å². The van der Waals surface area contributed by atoms with E-state index in [1.54, 1.807) is 4.68 Å². The topological polar surface area (TPSA) is 88.7 Å². The maximum atomic E-state index is 11.2. The van der Waals surface area contributed by atoms with Crippen molar-refractivity contribution in [3.05, 3.63) is 16.3 Å². The number of ether oxygens (including phenoxy) is 3. The van der Waals surface area contributed by atoms with Gasteiger partial charge in [-0.2, -0.15) is 0 Å². The van der Waals surface area contributed by atoms with Gasteiger partial charge in [-0.3, -0.25) is 14.8 Å². The quantitative estimate of drug-likeness (QED) is 0.625. The van der Waals surface area contributed by atoms with E-state index in [9.17, 15) is 10.1 Å². The van der Waals surface area contributed by atoms with Gasteiger partial charge in [0.1, 0.15) is 12.3 Å². The summed E-state index contributed by atoms with van der Waals surface area (Å²) < 4.78 is 18.7. The zero-order valence-electron chi connectivity index (χ0n) is 12.3. The van der Waals surface area contributed by atoms with Crippen LogP contribution in [-0.4, -0.2) is 39.8 Å². The highest BCUT2D eigenvalue weighted by atomic mass is 16.7. The first-order chi connectivity index (χ1) is 10.7. The van der Waals surface area contributed by atoms with E-state index in [2.05, 4.69) is 5.10 Å². The Labute approximate surface area is 127 Å². The molecule has 1 aromatic rings. The van der Waals surface area contributed by atoms with Crippen molar-refractivity contribution in [1.29, 1.82) is 0 Å². The molecule has 0 atom stereocenters. The van der Waals surface area contributed by atoms with E-state index >= 15 is 0 Å². The largest absolute Gasteiger partial charge is 0.468 e. The summed E-state index contributed by atoms with van der Waals surface area (Å²) in [6.45, 7) is 1.30. The molecule has 0 aromatic carbocycles. The highest BCUT2D eigenvalue weighted by molar-refractivity contribution is 5.39. The van der Waals surface area contributed by atoms with Gasteiger partial charge in [-0.25, -0.2) is 0 Å². The van der Waals surface area contributed by atoms with Crippen molar-refractivity contribution in [2.75, 3.05) is 13.2 Å². The van der Waals surface area contributed by atoms with Crippen molar-refractivity contribution in [1.82, 2.24) is 9.78 Å². The zero-order valence-corrected chi connectivity index (χ0v) is 12.3. The molecule has 0 N–H and O–H groups in total. The Balaban J connectivity index is 1.49. The fourth-order valence-corrected chi connectivity index (χ4v) is 3.20. The van der Waals surface area contributed by atoms with Gasteiger partial charge in [0.25, 0.3) is 0 Å². The third kappa shape index (κ3) is 2.56. The first-order valence-corrected chi connectivity index (χ1v) is 7.83. The molecular weight excluding hydrogens is 290 g/mol. The lowest BCUT2D eigenvalue weighted by Crippen LogP contribution is -2.35. The predicted molar refractivity (Wildman–Crippen MR) is 74.7 cm³/mol. The minimum atomic E-state index is -0.428. The summed E-state index contributed by atoms with van der Waals surface area (Å²) in [7, 11) is 0. The van der Waals surface area contributed by atoms with Crippen LogP contribution in [0.15, 0.2) is 6.20 Å². The minimum Gasteiger partial charge on any atom is -0.468 e. The number of hydrogen-bond donors (Lipinski definition) is 0. The lowest BCUT2D eigenvalue weighted by Gasteiger charge is -2.35. The summed E-state index contributed by atoms with van der Waals surface area (Å²) in [5.74, 6) is -0.274. The Morgan fingerprint density at radius 1 is 1.27 bits per heavy atom. The van der Waals surface area contributed by atoms with Gasteiger partial charge in [-0.15, -0.1) is 5.10 Å². The standard InChI is InChI=1S/C14H19N3O5/c18-17(19)12-9-16(15-13(12)22-11-1-2-11)10-3-5-14(6-4-10)20-7-8-21-14/h9-11H,1-8H2. The summed E-state index contributed by atoms with van der Waals surface area (Å²) in [5, 5.41) is 15.5. The average Bonchev–Trinajstić information content (AvgIpc) is 3.04. The molecule has 4 rings (SSSR count). The van der Waals surface area contributed by atoms with Gasteiger partial charge < -0.3 is 14.2 Å². The number of nitro groups is 1. The lowest BCUT2D eigenvalue weighted by molar-refractivity contribution is -0.386. The maximum Gasteiger partial charge on any atom is 0.350 e. The van der Waals surface area contributed by atoms with E-state index in [0.717, 1.165) is 38.5 Å². The molecule has 3 aliphatic rings. The number of rotatable bonds is 4. The molecule has 1 spiro atoms. The summed E-state index contributed by atoms with van der Waals surface area (Å²) >= 11 is 0. The van der Waals surface area contributed by atoms with Crippen LogP contribution in [0.1, 0.15) is 44.6 Å². The molecule has 0 unspecified atom stereocenters. The van der Waals surface area contributed by atoms with Crippen LogP contribution in [-0.2, 0) is 9.47 Å². The maximum absolute atomic E-state index is 11.2. The molecule has 0 amide bonds. The lowest BCUT2D eigenvalue weighted by atomic mass is 9.90. The number of aromatic nitrogens is 2. The van der Waals surface area contributed by atoms with Crippen molar-refractivity contribution < 1.29 is 19.1 Å². The molecule has 3 fully saturated rings. The van der Waals surface area contributed by atoms with Gasteiger partial charge in [-0.05, 0) is 25.7 Å². The van der Waals surface area contributed by atoms with Crippen molar-refractivity contribution in [2.24, 2.45) is 0 Å². The molecule has 120 valence electrons. The van der Waals surface area contributed by atoms with Crippen LogP contribution in [0.5, 0.6) is 5.88 Å². The van der Waals surface area contributed by atoms with Crippen LogP contribution in [0.25, 0.3) is 0 Å². The average molecular weight is 309 g/mol. The van der Waals surface area contributed by atoms with E-state index in [4.69, 9.17) is 14.2 Å². The SMILES string of the molecule is O=[N+]([O-])c1cn(C2CCC3(CC2)OCCO3)nc1OC1CC1. The molecular formula is C14H19N3O5. The van der Waals surface area contributed by atoms with Gasteiger partial charge in [0.15, 0.2) is 5.79 Å². The highest BCUT2D eigenvalue weighted by Gasteiger charge is 2.41. The van der Waals surface area contributed by atoms with E-state index in [0.29, 0.717) is 13.2 Å². The fraction of sp³-hybridized carbons (Fsp3) is 0.786. The molecule has 2 heterocycles. The van der Waals surface area contributed by atoms with Gasteiger partial charge in [-0.1, -0.05) is 0 Å². The van der Waals surface area contributed by atoms with Gasteiger partial charge in [0.2, 0.25) is 0 Å². The molecule has 2 aliphatic carbocycles. The van der Waals surface area contributed by atoms with Crippen molar-refractivity contribution in [3.63, 3.8) is 0 Å². The molecule has 8 nitrogen and oxygen atoms in total. The Morgan fingerprint density at radius 2 is 1.95 bits per heavy atom. The first-order valence-electron chi connectivity index (χ1n) is 7.83. The van der Waals surface area contributed by atoms with Gasteiger partial charge >= 0.3 is 11.6 Å². The monoisotopic (exact) mass is 309 g/mol. The summed E-state index contributed by atoms with van der Waals surface area (Å²) in [5.41, 5.74) is -0.0412. The molecule has 22 heavy (non-hydrogen) atoms. The van der Waals surface area contributed by atoms with Crippen molar-refractivity contribution in [3.8, 4) is 5.88 Å². The fourth-order valence-electron chi connectivity index (χ4n) is 3.20. The minimum absolute atomic E-state index is 0.0412. The number of hydrogen-bond acceptors (Lipinski definition) is 6. The van der Waals surface area contributed by atoms with Crippen LogP contribution in [0, 0.1) is 10.1 Å². The van der Waals surface area contributed by atoms with E-state index in [1.165, 1.54) is 6.20 Å². The second kappa shape index (κ2) is 5.20. The third-order valence-electron chi connectivity index (χ3n) is 4.58. The molecule has 1 aliphatic heterocycles. The Bertz CT molecular complexity index is 567. The molecule has 1 aromatic heterocycles. The van der Waals surface area contributed by atoms with Crippen LogP contribution in [0.3, 0.4) is 0 Å².